The van der Waals surface area contributed by atoms with Crippen LogP contribution in [0.1, 0.15) is 0 Å². The standard InChI is InChI=1S/C17H22N4O4/c1-18-16(23)12-9-19(2)7-8-20(10-12)15(22)11-21-13-5-3-4-6-14(13)25-17(21)24/h3-6,12H,7-11H2,1-2H3,(H,18,23)/t12-/m1/s1. The number of fused-ring (bicyclic) bond motifs is 1. The maximum Gasteiger partial charge on any atom is 0.420 e. The molecule has 1 atom stereocenters. The van der Waals surface area contributed by atoms with E-state index in [0.717, 1.165) is 0 Å². The fourth-order valence-electron chi connectivity index (χ4n) is 3.17. The van der Waals surface area contributed by atoms with Gasteiger partial charge in [-0.05, 0) is 19.2 Å². The van der Waals surface area contributed by atoms with E-state index in [1.807, 2.05) is 11.9 Å². The number of carbonyl (C=O) groups excluding carboxylic acids is 2. The van der Waals surface area contributed by atoms with Gasteiger partial charge in [-0.1, -0.05) is 12.1 Å². The molecule has 2 aromatic rings. The van der Waals surface area contributed by atoms with E-state index in [2.05, 4.69) is 5.32 Å². The number of likely N-dealkylation sites (N-methyl/N-ethyl adjacent to an activating group) is 1. The summed E-state index contributed by atoms with van der Waals surface area (Å²) < 4.78 is 6.50. The minimum atomic E-state index is -0.552. The van der Waals surface area contributed by atoms with Crippen LogP contribution in [-0.2, 0) is 16.1 Å². The van der Waals surface area contributed by atoms with Crippen LogP contribution in [0.2, 0.25) is 0 Å². The number of rotatable bonds is 3. The number of para-hydroxylation sites is 2. The number of benzene rings is 1. The van der Waals surface area contributed by atoms with Crippen molar-refractivity contribution in [1.82, 2.24) is 19.7 Å². The molecule has 0 spiro atoms. The molecule has 0 radical (unpaired) electrons. The summed E-state index contributed by atoms with van der Waals surface area (Å²) >= 11 is 0. The zero-order valence-corrected chi connectivity index (χ0v) is 14.4. The number of amides is 2. The molecule has 3 rings (SSSR count). The molecule has 8 nitrogen and oxygen atoms in total. The Bertz CT molecular complexity index is 841. The van der Waals surface area contributed by atoms with Gasteiger partial charge in [-0.2, -0.15) is 0 Å². The van der Waals surface area contributed by atoms with E-state index >= 15 is 0 Å². The number of nitrogens with one attached hydrogen (secondary N) is 1. The molecule has 1 fully saturated rings. The molecule has 25 heavy (non-hydrogen) atoms. The molecule has 8 heteroatoms. The summed E-state index contributed by atoms with van der Waals surface area (Å²) in [5.41, 5.74) is 1.05. The summed E-state index contributed by atoms with van der Waals surface area (Å²) in [5.74, 6) is -1.13. The lowest BCUT2D eigenvalue weighted by Crippen LogP contribution is -2.43. The van der Waals surface area contributed by atoms with Crippen molar-refractivity contribution in [2.24, 2.45) is 5.92 Å². The Labute approximate surface area is 145 Å². The van der Waals surface area contributed by atoms with Gasteiger partial charge in [-0.15, -0.1) is 0 Å². The molecule has 134 valence electrons. The number of nitrogens with zero attached hydrogens (tertiary/aromatic N) is 3. The zero-order chi connectivity index (χ0) is 18.0. The summed E-state index contributed by atoms with van der Waals surface area (Å²) in [6.07, 6.45) is 0. The van der Waals surface area contributed by atoms with Gasteiger partial charge in [0.2, 0.25) is 11.8 Å². The van der Waals surface area contributed by atoms with Crippen LogP contribution < -0.4 is 11.1 Å². The van der Waals surface area contributed by atoms with Crippen LogP contribution in [0.5, 0.6) is 0 Å². The second-order valence-corrected chi connectivity index (χ2v) is 6.34. The molecular formula is C17H22N4O4. The fraction of sp³-hybridized carbons (Fsp3) is 0.471. The molecule has 2 heterocycles. The number of hydrogen-bond donors (Lipinski definition) is 1. The molecule has 0 aliphatic carbocycles. The first-order chi connectivity index (χ1) is 12.0. The van der Waals surface area contributed by atoms with Crippen molar-refractivity contribution < 1.29 is 14.0 Å². The second-order valence-electron chi connectivity index (χ2n) is 6.34. The second kappa shape index (κ2) is 7.10. The lowest BCUT2D eigenvalue weighted by atomic mass is 10.1. The van der Waals surface area contributed by atoms with E-state index in [4.69, 9.17) is 4.42 Å². The summed E-state index contributed by atoms with van der Waals surface area (Å²) in [5, 5.41) is 2.65. The van der Waals surface area contributed by atoms with E-state index in [1.165, 1.54) is 4.57 Å². The Morgan fingerprint density at radius 2 is 2.00 bits per heavy atom. The van der Waals surface area contributed by atoms with E-state index in [9.17, 15) is 14.4 Å². The van der Waals surface area contributed by atoms with Gasteiger partial charge >= 0.3 is 5.76 Å². The normalized spacial score (nSPS) is 19.0. The highest BCUT2D eigenvalue weighted by molar-refractivity contribution is 5.82. The maximum absolute atomic E-state index is 12.8. The molecule has 1 saturated heterocycles. The third-order valence-electron chi connectivity index (χ3n) is 4.56. The Balaban J connectivity index is 1.80. The van der Waals surface area contributed by atoms with E-state index < -0.39 is 5.76 Å². The van der Waals surface area contributed by atoms with Gasteiger partial charge in [0.25, 0.3) is 0 Å². The van der Waals surface area contributed by atoms with Crippen molar-refractivity contribution in [2.45, 2.75) is 6.54 Å². The van der Waals surface area contributed by atoms with E-state index in [-0.39, 0.29) is 24.3 Å². The number of oxazole rings is 1. The average molecular weight is 346 g/mol. The monoisotopic (exact) mass is 346 g/mol. The molecule has 1 aliphatic rings. The molecule has 2 amide bonds. The highest BCUT2D eigenvalue weighted by Gasteiger charge is 2.28. The lowest BCUT2D eigenvalue weighted by molar-refractivity contribution is -0.133. The predicted octanol–water partition coefficient (Wildman–Crippen LogP) is -0.269. The Morgan fingerprint density at radius 3 is 2.76 bits per heavy atom. The number of carbonyl (C=O) groups is 2. The molecule has 1 N–H and O–H groups in total. The molecule has 0 unspecified atom stereocenters. The first-order valence-corrected chi connectivity index (χ1v) is 8.26. The molecule has 1 aliphatic heterocycles. The van der Waals surface area contributed by atoms with Crippen LogP contribution in [0, 0.1) is 5.92 Å². The Hall–Kier alpha value is -2.61. The molecule has 1 aromatic carbocycles. The molecule has 0 saturated carbocycles. The summed E-state index contributed by atoms with van der Waals surface area (Å²) in [7, 11) is 3.52. The zero-order valence-electron chi connectivity index (χ0n) is 14.4. The molecular weight excluding hydrogens is 324 g/mol. The highest BCUT2D eigenvalue weighted by Crippen LogP contribution is 2.13. The first kappa shape index (κ1) is 17.2. The van der Waals surface area contributed by atoms with Crippen LogP contribution in [0.4, 0.5) is 0 Å². The summed E-state index contributed by atoms with van der Waals surface area (Å²) in [6, 6.07) is 7.01. The van der Waals surface area contributed by atoms with Gasteiger partial charge in [0.15, 0.2) is 5.58 Å². The van der Waals surface area contributed by atoms with Crippen molar-refractivity contribution >= 4 is 22.9 Å². The van der Waals surface area contributed by atoms with Crippen molar-refractivity contribution in [3.63, 3.8) is 0 Å². The van der Waals surface area contributed by atoms with E-state index in [1.54, 1.807) is 36.2 Å². The Kier molecular flexibility index (Phi) is 4.89. The van der Waals surface area contributed by atoms with Gasteiger partial charge in [0.1, 0.15) is 6.54 Å². The number of hydrogen-bond acceptors (Lipinski definition) is 5. The van der Waals surface area contributed by atoms with Crippen LogP contribution in [-0.4, -0.2) is 66.5 Å². The highest BCUT2D eigenvalue weighted by atomic mass is 16.4. The van der Waals surface area contributed by atoms with Gasteiger partial charge in [0.05, 0.1) is 11.4 Å². The van der Waals surface area contributed by atoms with Gasteiger partial charge in [0, 0.05) is 33.2 Å². The minimum absolute atomic E-state index is 0.0857. The Morgan fingerprint density at radius 1 is 1.24 bits per heavy atom. The smallest absolute Gasteiger partial charge is 0.408 e. The predicted molar refractivity (Wildman–Crippen MR) is 92.1 cm³/mol. The fourth-order valence-corrected chi connectivity index (χ4v) is 3.17. The third-order valence-corrected chi connectivity index (χ3v) is 4.56. The SMILES string of the molecule is CNC(=O)[C@@H]1CN(C)CCN(C(=O)Cn2c(=O)oc3ccccc32)C1. The number of aromatic nitrogens is 1. The first-order valence-electron chi connectivity index (χ1n) is 8.26. The summed E-state index contributed by atoms with van der Waals surface area (Å²) in [6.45, 7) is 2.04. The quantitative estimate of drug-likeness (QED) is 0.827. The van der Waals surface area contributed by atoms with Crippen molar-refractivity contribution in [1.29, 1.82) is 0 Å². The maximum atomic E-state index is 12.8. The van der Waals surface area contributed by atoms with Gasteiger partial charge in [-0.25, -0.2) is 4.79 Å². The average Bonchev–Trinajstić information content (AvgIpc) is 2.78. The van der Waals surface area contributed by atoms with Gasteiger partial charge < -0.3 is 19.5 Å². The summed E-state index contributed by atoms with van der Waals surface area (Å²) in [4.78, 5) is 40.5. The third kappa shape index (κ3) is 3.58. The van der Waals surface area contributed by atoms with Crippen LogP contribution >= 0.6 is 0 Å². The molecule has 0 bridgehead atoms. The van der Waals surface area contributed by atoms with Crippen molar-refractivity contribution in [2.75, 3.05) is 40.3 Å². The van der Waals surface area contributed by atoms with Crippen LogP contribution in [0.15, 0.2) is 33.5 Å². The van der Waals surface area contributed by atoms with Gasteiger partial charge in [-0.3, -0.25) is 14.2 Å². The van der Waals surface area contributed by atoms with Crippen molar-refractivity contribution in [3.05, 3.63) is 34.8 Å². The van der Waals surface area contributed by atoms with Crippen molar-refractivity contribution in [3.8, 4) is 0 Å². The van der Waals surface area contributed by atoms with E-state index in [0.29, 0.717) is 37.3 Å². The largest absolute Gasteiger partial charge is 0.420 e. The van der Waals surface area contributed by atoms with Crippen LogP contribution in [0.25, 0.3) is 11.1 Å². The topological polar surface area (TPSA) is 87.8 Å². The van der Waals surface area contributed by atoms with Crippen LogP contribution in [0.3, 0.4) is 0 Å². The minimum Gasteiger partial charge on any atom is -0.408 e. The molecule has 1 aromatic heterocycles. The lowest BCUT2D eigenvalue weighted by Gasteiger charge is -2.23.